The third kappa shape index (κ3) is 6.41. The number of nitrogens with zero attached hydrogens (tertiary/aromatic N) is 4. The number of hydrazone groups is 1. The van der Waals surface area contributed by atoms with Crippen molar-refractivity contribution in [1.29, 1.82) is 0 Å². The maximum atomic E-state index is 6.04. The summed E-state index contributed by atoms with van der Waals surface area (Å²) >= 11 is 0. The van der Waals surface area contributed by atoms with E-state index in [1.165, 1.54) is 11.1 Å². The second-order valence-corrected chi connectivity index (χ2v) is 8.16. The van der Waals surface area contributed by atoms with E-state index in [0.29, 0.717) is 12.5 Å². The van der Waals surface area contributed by atoms with Crippen molar-refractivity contribution in [3.05, 3.63) is 47.2 Å². The molecule has 0 bridgehead atoms. The second-order valence-electron chi connectivity index (χ2n) is 8.16. The van der Waals surface area contributed by atoms with Crippen molar-refractivity contribution in [2.75, 3.05) is 76.1 Å². The molecule has 0 saturated carbocycles. The van der Waals surface area contributed by atoms with E-state index in [1.54, 1.807) is 6.21 Å². The van der Waals surface area contributed by atoms with Crippen LogP contribution in [-0.2, 0) is 9.47 Å². The van der Waals surface area contributed by atoms with Crippen molar-refractivity contribution < 1.29 is 14.2 Å². The highest BCUT2D eigenvalue weighted by Crippen LogP contribution is 2.22. The van der Waals surface area contributed by atoms with Gasteiger partial charge in [0.2, 0.25) is 5.88 Å². The Morgan fingerprint density at radius 3 is 2.50 bits per heavy atom. The number of aromatic nitrogens is 1. The van der Waals surface area contributed by atoms with E-state index in [-0.39, 0.29) is 0 Å². The summed E-state index contributed by atoms with van der Waals surface area (Å²) in [5.41, 5.74) is 8.39. The number of hydrogen-bond acceptors (Lipinski definition) is 8. The molecule has 1 aromatic carbocycles. The molecular formula is C24H33N5O3. The summed E-state index contributed by atoms with van der Waals surface area (Å²) in [5, 5.41) is 4.41. The first-order valence-electron chi connectivity index (χ1n) is 11.3. The molecule has 4 rings (SSSR count). The van der Waals surface area contributed by atoms with E-state index in [0.717, 1.165) is 76.2 Å². The Kier molecular flexibility index (Phi) is 7.92. The van der Waals surface area contributed by atoms with Crippen molar-refractivity contribution in [3.63, 3.8) is 0 Å². The van der Waals surface area contributed by atoms with Crippen LogP contribution in [0.25, 0.3) is 0 Å². The van der Waals surface area contributed by atoms with Gasteiger partial charge in [0.15, 0.2) is 0 Å². The lowest BCUT2D eigenvalue weighted by atomic mass is 10.1. The van der Waals surface area contributed by atoms with Gasteiger partial charge >= 0.3 is 0 Å². The lowest BCUT2D eigenvalue weighted by Crippen LogP contribution is -2.38. The van der Waals surface area contributed by atoms with Gasteiger partial charge in [0.1, 0.15) is 6.61 Å². The van der Waals surface area contributed by atoms with Crippen LogP contribution >= 0.6 is 0 Å². The van der Waals surface area contributed by atoms with Crippen molar-refractivity contribution in [3.8, 4) is 5.88 Å². The van der Waals surface area contributed by atoms with Gasteiger partial charge in [-0.05, 0) is 43.2 Å². The van der Waals surface area contributed by atoms with Crippen LogP contribution in [0.5, 0.6) is 5.88 Å². The molecule has 3 heterocycles. The summed E-state index contributed by atoms with van der Waals surface area (Å²) in [4.78, 5) is 9.31. The number of anilines is 2. The van der Waals surface area contributed by atoms with Crippen LogP contribution in [0, 0.1) is 13.8 Å². The quantitative estimate of drug-likeness (QED) is 0.501. The third-order valence-corrected chi connectivity index (χ3v) is 5.84. The first-order valence-corrected chi connectivity index (χ1v) is 11.3. The highest BCUT2D eigenvalue weighted by molar-refractivity contribution is 5.80. The molecule has 2 aliphatic rings. The minimum atomic E-state index is 0.594. The Hall–Kier alpha value is -2.68. The number of ether oxygens (including phenoxy) is 3. The second kappa shape index (κ2) is 11.3. The smallest absolute Gasteiger partial charge is 0.215 e. The molecule has 8 nitrogen and oxygen atoms in total. The molecule has 172 valence electrons. The summed E-state index contributed by atoms with van der Waals surface area (Å²) in [5.74, 6) is 0.620. The summed E-state index contributed by atoms with van der Waals surface area (Å²) in [6, 6.07) is 10.3. The number of pyridine rings is 1. The minimum Gasteiger partial charge on any atom is -0.476 e. The van der Waals surface area contributed by atoms with Crippen LogP contribution < -0.4 is 15.1 Å². The van der Waals surface area contributed by atoms with Gasteiger partial charge in [0.25, 0.3) is 0 Å². The molecule has 32 heavy (non-hydrogen) atoms. The highest BCUT2D eigenvalue weighted by atomic mass is 16.5. The van der Waals surface area contributed by atoms with Gasteiger partial charge in [-0.2, -0.15) is 5.10 Å². The zero-order valence-corrected chi connectivity index (χ0v) is 19.0. The molecule has 2 fully saturated rings. The average Bonchev–Trinajstić information content (AvgIpc) is 2.83. The lowest BCUT2D eigenvalue weighted by Gasteiger charge is -2.29. The van der Waals surface area contributed by atoms with Crippen LogP contribution in [0.3, 0.4) is 0 Å². The molecule has 1 aromatic heterocycles. The predicted octanol–water partition coefficient (Wildman–Crippen LogP) is 2.69. The monoisotopic (exact) mass is 439 g/mol. The predicted molar refractivity (Wildman–Crippen MR) is 127 cm³/mol. The molecule has 0 aliphatic carbocycles. The Labute approximate surface area is 190 Å². The summed E-state index contributed by atoms with van der Waals surface area (Å²) in [6.45, 7) is 12.3. The molecule has 0 amide bonds. The van der Waals surface area contributed by atoms with E-state index in [9.17, 15) is 0 Å². The van der Waals surface area contributed by atoms with E-state index in [1.807, 2.05) is 18.2 Å². The fourth-order valence-electron chi connectivity index (χ4n) is 3.74. The van der Waals surface area contributed by atoms with Crippen LogP contribution in [0.1, 0.15) is 16.8 Å². The number of benzene rings is 1. The van der Waals surface area contributed by atoms with E-state index in [2.05, 4.69) is 51.3 Å². The lowest BCUT2D eigenvalue weighted by molar-refractivity contribution is 0.0320. The molecule has 2 saturated heterocycles. The standard InChI is InChI=1S/C24H33N5O3/c1-19-3-4-21(15-20(19)2)27-25-18-22-16-23(29-8-12-31-13-9-29)17-24(26-22)32-14-7-28-5-10-30-11-6-28/h3-4,15-18,27H,5-14H2,1-2H3. The fourth-order valence-corrected chi connectivity index (χ4v) is 3.74. The highest BCUT2D eigenvalue weighted by Gasteiger charge is 2.15. The van der Waals surface area contributed by atoms with E-state index in [4.69, 9.17) is 14.2 Å². The number of morpholine rings is 2. The van der Waals surface area contributed by atoms with Crippen LogP contribution in [0.4, 0.5) is 11.4 Å². The van der Waals surface area contributed by atoms with Gasteiger partial charge in [-0.3, -0.25) is 10.3 Å². The number of hydrogen-bond donors (Lipinski definition) is 1. The van der Waals surface area contributed by atoms with E-state index >= 15 is 0 Å². The zero-order valence-electron chi connectivity index (χ0n) is 19.0. The van der Waals surface area contributed by atoms with Gasteiger partial charge in [-0.1, -0.05) is 6.07 Å². The number of aryl methyl sites for hydroxylation is 2. The van der Waals surface area contributed by atoms with Gasteiger partial charge in [-0.25, -0.2) is 4.98 Å². The molecule has 8 heteroatoms. The first kappa shape index (κ1) is 22.5. The van der Waals surface area contributed by atoms with Gasteiger partial charge in [-0.15, -0.1) is 0 Å². The molecule has 0 unspecified atom stereocenters. The van der Waals surface area contributed by atoms with Crippen molar-refractivity contribution >= 4 is 17.6 Å². The summed E-state index contributed by atoms with van der Waals surface area (Å²) in [6.07, 6.45) is 1.74. The largest absolute Gasteiger partial charge is 0.476 e. The fraction of sp³-hybridized carbons (Fsp3) is 0.500. The SMILES string of the molecule is Cc1ccc(NN=Cc2cc(N3CCOCC3)cc(OCCN3CCOCC3)n2)cc1C. The van der Waals surface area contributed by atoms with Gasteiger partial charge in [0, 0.05) is 44.5 Å². The third-order valence-electron chi connectivity index (χ3n) is 5.84. The Morgan fingerprint density at radius 2 is 1.75 bits per heavy atom. The van der Waals surface area contributed by atoms with Gasteiger partial charge in [0.05, 0.1) is 44.0 Å². The van der Waals surface area contributed by atoms with Crippen molar-refractivity contribution in [2.45, 2.75) is 13.8 Å². The van der Waals surface area contributed by atoms with Crippen molar-refractivity contribution in [1.82, 2.24) is 9.88 Å². The maximum Gasteiger partial charge on any atom is 0.215 e. The van der Waals surface area contributed by atoms with Crippen LogP contribution in [-0.4, -0.2) is 81.9 Å². The topological polar surface area (TPSA) is 71.5 Å². The molecule has 2 aromatic rings. The van der Waals surface area contributed by atoms with Crippen molar-refractivity contribution in [2.24, 2.45) is 5.10 Å². The summed E-state index contributed by atoms with van der Waals surface area (Å²) in [7, 11) is 0. The Balaban J connectivity index is 1.44. The molecular weight excluding hydrogens is 406 g/mol. The maximum absolute atomic E-state index is 6.04. The van der Waals surface area contributed by atoms with Gasteiger partial charge < -0.3 is 19.1 Å². The molecule has 0 atom stereocenters. The summed E-state index contributed by atoms with van der Waals surface area (Å²) < 4.78 is 17.0. The molecule has 2 aliphatic heterocycles. The average molecular weight is 440 g/mol. The zero-order chi connectivity index (χ0) is 22.2. The van der Waals surface area contributed by atoms with Crippen LogP contribution in [0.15, 0.2) is 35.4 Å². The van der Waals surface area contributed by atoms with E-state index < -0.39 is 0 Å². The molecule has 0 radical (unpaired) electrons. The first-order chi connectivity index (χ1) is 15.7. The molecule has 0 spiro atoms. The van der Waals surface area contributed by atoms with Crippen LogP contribution in [0.2, 0.25) is 0 Å². The Morgan fingerprint density at radius 1 is 1.00 bits per heavy atom. The Bertz CT molecular complexity index is 909. The number of rotatable bonds is 8. The normalized spacial score (nSPS) is 17.6. The minimum absolute atomic E-state index is 0.594. The molecule has 1 N–H and O–H groups in total. The number of nitrogens with one attached hydrogen (secondary N) is 1.